The number of nitrogens with one attached hydrogen (secondary N) is 1. The molecule has 1 N–H and O–H groups in total. The van der Waals surface area contributed by atoms with E-state index in [0.29, 0.717) is 0 Å². The van der Waals surface area contributed by atoms with Gasteiger partial charge >= 0.3 is 0 Å². The molecule has 0 radical (unpaired) electrons. The van der Waals surface area contributed by atoms with Crippen LogP contribution in [0.25, 0.3) is 0 Å². The van der Waals surface area contributed by atoms with Gasteiger partial charge in [0.15, 0.2) is 0 Å². The van der Waals surface area contributed by atoms with Crippen molar-refractivity contribution in [3.8, 4) is 0 Å². The zero-order valence-corrected chi connectivity index (χ0v) is 12.6. The Kier molecular flexibility index (Phi) is 2.45. The van der Waals surface area contributed by atoms with Crippen LogP contribution in [0.4, 0.5) is 0 Å². The van der Waals surface area contributed by atoms with Crippen LogP contribution in [0, 0.1) is 23.7 Å². The van der Waals surface area contributed by atoms with Crippen LogP contribution < -0.4 is 5.32 Å². The Morgan fingerprint density at radius 2 is 1.75 bits per heavy atom. The second-order valence-corrected chi connectivity index (χ2v) is 7.98. The maximum Gasteiger partial charge on any atom is 0.0232 e. The minimum atomic E-state index is 0.887. The molecule has 6 rings (SSSR count). The van der Waals surface area contributed by atoms with Gasteiger partial charge in [0.2, 0.25) is 0 Å². The largest absolute Gasteiger partial charge is 0.351 e. The molecule has 4 bridgehead atoms. The van der Waals surface area contributed by atoms with Gasteiger partial charge in [-0.15, -0.1) is 0 Å². The Labute approximate surface area is 121 Å². The van der Waals surface area contributed by atoms with Gasteiger partial charge in [0.05, 0.1) is 0 Å². The quantitative estimate of drug-likeness (QED) is 0.829. The molecule has 2 heteroatoms. The summed E-state index contributed by atoms with van der Waals surface area (Å²) in [6.07, 6.45) is 8.92. The summed E-state index contributed by atoms with van der Waals surface area (Å²) >= 11 is 0. The number of nitrogens with zero attached hydrogens (tertiary/aromatic N) is 1. The monoisotopic (exact) mass is 270 g/mol. The third-order valence-corrected chi connectivity index (χ3v) is 6.91. The first-order chi connectivity index (χ1) is 9.79. The molecule has 0 amide bonds. The Morgan fingerprint density at radius 1 is 1.05 bits per heavy atom. The SMILES string of the molecule is Cn1c(C2C3CC4CC(C3)CC2C4)cc2c1CCNC2. The van der Waals surface area contributed by atoms with Crippen molar-refractivity contribution in [1.29, 1.82) is 0 Å². The smallest absolute Gasteiger partial charge is 0.0232 e. The standard InChI is InChI=1S/C18H26N2/c1-20-16-2-3-19-10-15(16)9-17(20)18-13-5-11-4-12(7-13)8-14(18)6-11/h9,11-14,18-19H,2-8,10H2,1H3. The summed E-state index contributed by atoms with van der Waals surface area (Å²) in [5.74, 6) is 5.08. The summed E-state index contributed by atoms with van der Waals surface area (Å²) in [4.78, 5) is 0. The maximum atomic E-state index is 3.54. The van der Waals surface area contributed by atoms with E-state index in [-0.39, 0.29) is 0 Å². The van der Waals surface area contributed by atoms with E-state index in [9.17, 15) is 0 Å². The molecule has 2 heterocycles. The van der Waals surface area contributed by atoms with E-state index < -0.39 is 0 Å². The van der Waals surface area contributed by atoms with Crippen LogP contribution in [0.1, 0.15) is 55.0 Å². The first-order valence-electron chi connectivity index (χ1n) is 8.67. The first kappa shape index (κ1) is 11.9. The Balaban J connectivity index is 1.55. The summed E-state index contributed by atoms with van der Waals surface area (Å²) in [7, 11) is 2.34. The molecule has 4 saturated carbocycles. The highest BCUT2D eigenvalue weighted by atomic mass is 15.0. The van der Waals surface area contributed by atoms with Gasteiger partial charge in [-0.2, -0.15) is 0 Å². The molecule has 0 saturated heterocycles. The molecule has 0 unspecified atom stereocenters. The van der Waals surface area contributed by atoms with Gasteiger partial charge in [-0.1, -0.05) is 0 Å². The number of hydrogen-bond acceptors (Lipinski definition) is 1. The van der Waals surface area contributed by atoms with Crippen LogP contribution in [0.2, 0.25) is 0 Å². The first-order valence-corrected chi connectivity index (χ1v) is 8.67. The summed E-state index contributed by atoms with van der Waals surface area (Å²) in [6, 6.07) is 2.56. The van der Waals surface area contributed by atoms with Crippen molar-refractivity contribution in [2.45, 2.75) is 51.0 Å². The molecular weight excluding hydrogens is 244 g/mol. The molecule has 0 spiro atoms. The van der Waals surface area contributed by atoms with Gasteiger partial charge < -0.3 is 9.88 Å². The zero-order chi connectivity index (χ0) is 13.3. The van der Waals surface area contributed by atoms with Crippen molar-refractivity contribution in [3.63, 3.8) is 0 Å². The van der Waals surface area contributed by atoms with E-state index in [0.717, 1.165) is 42.7 Å². The Bertz CT molecular complexity index is 514. The van der Waals surface area contributed by atoms with E-state index in [1.165, 1.54) is 32.1 Å². The highest BCUT2D eigenvalue weighted by molar-refractivity contribution is 5.33. The molecule has 2 nitrogen and oxygen atoms in total. The summed E-state index contributed by atoms with van der Waals surface area (Å²) in [6.45, 7) is 2.25. The van der Waals surface area contributed by atoms with Crippen LogP contribution in [0.15, 0.2) is 6.07 Å². The van der Waals surface area contributed by atoms with Crippen LogP contribution in [0.3, 0.4) is 0 Å². The predicted octanol–water partition coefficient (Wildman–Crippen LogP) is 3.21. The van der Waals surface area contributed by atoms with E-state index in [1.807, 2.05) is 0 Å². The van der Waals surface area contributed by atoms with E-state index in [4.69, 9.17) is 0 Å². The van der Waals surface area contributed by atoms with Gasteiger partial charge in [-0.3, -0.25) is 0 Å². The topological polar surface area (TPSA) is 17.0 Å². The van der Waals surface area contributed by atoms with Crippen molar-refractivity contribution < 1.29 is 0 Å². The van der Waals surface area contributed by atoms with E-state index >= 15 is 0 Å². The van der Waals surface area contributed by atoms with Crippen molar-refractivity contribution in [2.24, 2.45) is 30.7 Å². The molecule has 1 aliphatic heterocycles. The molecule has 20 heavy (non-hydrogen) atoms. The lowest BCUT2D eigenvalue weighted by molar-refractivity contribution is -0.00506. The number of rotatable bonds is 1. The second-order valence-electron chi connectivity index (χ2n) is 7.98. The minimum Gasteiger partial charge on any atom is -0.351 e. The van der Waals surface area contributed by atoms with Crippen LogP contribution in [0.5, 0.6) is 0 Å². The lowest BCUT2D eigenvalue weighted by Crippen LogP contribution is -2.44. The van der Waals surface area contributed by atoms with Gasteiger partial charge in [0.1, 0.15) is 0 Å². The van der Waals surface area contributed by atoms with Crippen LogP contribution >= 0.6 is 0 Å². The normalized spacial score (nSPS) is 42.0. The summed E-state index contributed by atoms with van der Waals surface area (Å²) < 4.78 is 2.59. The third-order valence-electron chi connectivity index (χ3n) is 6.91. The highest BCUT2D eigenvalue weighted by Gasteiger charge is 2.49. The molecule has 4 fully saturated rings. The number of aromatic nitrogens is 1. The molecule has 108 valence electrons. The fourth-order valence-electron chi connectivity index (χ4n) is 6.37. The Morgan fingerprint density at radius 3 is 2.40 bits per heavy atom. The van der Waals surface area contributed by atoms with Crippen molar-refractivity contribution in [2.75, 3.05) is 6.54 Å². The summed E-state index contributed by atoms with van der Waals surface area (Å²) in [5, 5.41) is 3.54. The molecule has 0 aromatic carbocycles. The van der Waals surface area contributed by atoms with Crippen molar-refractivity contribution in [3.05, 3.63) is 23.0 Å². The third kappa shape index (κ3) is 1.55. The van der Waals surface area contributed by atoms with Crippen LogP contribution in [-0.2, 0) is 20.0 Å². The van der Waals surface area contributed by atoms with E-state index in [2.05, 4.69) is 23.0 Å². The zero-order valence-electron chi connectivity index (χ0n) is 12.6. The molecule has 5 aliphatic rings. The van der Waals surface area contributed by atoms with Gasteiger partial charge in [0, 0.05) is 43.9 Å². The van der Waals surface area contributed by atoms with E-state index in [1.54, 1.807) is 23.4 Å². The average Bonchev–Trinajstić information content (AvgIpc) is 2.76. The predicted molar refractivity (Wildman–Crippen MR) is 80.6 cm³/mol. The van der Waals surface area contributed by atoms with Gasteiger partial charge in [-0.25, -0.2) is 0 Å². The summed E-state index contributed by atoms with van der Waals surface area (Å²) in [5.41, 5.74) is 4.89. The van der Waals surface area contributed by atoms with Crippen molar-refractivity contribution in [1.82, 2.24) is 9.88 Å². The second kappa shape index (κ2) is 4.13. The van der Waals surface area contributed by atoms with Crippen LogP contribution in [-0.4, -0.2) is 11.1 Å². The van der Waals surface area contributed by atoms with Gasteiger partial charge in [0.25, 0.3) is 0 Å². The maximum absolute atomic E-state index is 3.54. The fraction of sp³-hybridized carbons (Fsp3) is 0.778. The molecule has 4 aliphatic carbocycles. The molecule has 1 aromatic heterocycles. The Hall–Kier alpha value is -0.760. The number of fused-ring (bicyclic) bond motifs is 1. The molecular formula is C18H26N2. The number of hydrogen-bond donors (Lipinski definition) is 1. The lowest BCUT2D eigenvalue weighted by Gasteiger charge is -2.54. The molecule has 1 aromatic rings. The van der Waals surface area contributed by atoms with Crippen molar-refractivity contribution >= 4 is 0 Å². The molecule has 0 atom stereocenters. The lowest BCUT2D eigenvalue weighted by atomic mass is 9.51. The fourth-order valence-corrected chi connectivity index (χ4v) is 6.37. The minimum absolute atomic E-state index is 0.887. The average molecular weight is 270 g/mol. The highest BCUT2D eigenvalue weighted by Crippen LogP contribution is 2.59. The van der Waals surface area contributed by atoms with Gasteiger partial charge in [-0.05, 0) is 67.4 Å².